The van der Waals surface area contributed by atoms with Gasteiger partial charge in [0.2, 0.25) is 0 Å². The molecule has 1 aliphatic rings. The fraction of sp³-hybridized carbons (Fsp3) is 0.462. The van der Waals surface area contributed by atoms with Gasteiger partial charge in [-0.15, -0.1) is 0 Å². The maximum atomic E-state index is 5.92. The van der Waals surface area contributed by atoms with Gasteiger partial charge in [-0.3, -0.25) is 4.68 Å². The molecule has 0 amide bonds. The van der Waals surface area contributed by atoms with Crippen LogP contribution in [-0.2, 0) is 11.3 Å². The first-order valence-corrected chi connectivity index (χ1v) is 6.16. The molecular formula is C13H17N3O. The summed E-state index contributed by atoms with van der Waals surface area (Å²) in [6.45, 7) is 1.71. The Bertz CT molecular complexity index is 514. The summed E-state index contributed by atoms with van der Waals surface area (Å²) in [5.74, 6) is 0. The molecule has 0 bridgehead atoms. The van der Waals surface area contributed by atoms with E-state index in [1.807, 2.05) is 23.0 Å². The lowest BCUT2D eigenvalue weighted by molar-refractivity contribution is 0.00474. The molecule has 0 saturated carbocycles. The number of nitrogens with zero attached hydrogens (tertiary/aromatic N) is 2. The Kier molecular flexibility index (Phi) is 2.73. The topological polar surface area (TPSA) is 53.1 Å². The van der Waals surface area contributed by atoms with Crippen LogP contribution in [0.25, 0.3) is 10.9 Å². The van der Waals surface area contributed by atoms with Crippen molar-refractivity contribution < 1.29 is 4.74 Å². The van der Waals surface area contributed by atoms with E-state index >= 15 is 0 Å². The molecule has 1 aromatic carbocycles. The molecule has 1 aliphatic heterocycles. The van der Waals surface area contributed by atoms with Crippen molar-refractivity contribution in [2.24, 2.45) is 0 Å². The second-order valence-electron chi connectivity index (χ2n) is 4.60. The third-order valence-electron chi connectivity index (χ3n) is 3.37. The third kappa shape index (κ3) is 2.00. The van der Waals surface area contributed by atoms with Gasteiger partial charge in [0.05, 0.1) is 24.4 Å². The number of rotatable bonds is 2. The second kappa shape index (κ2) is 4.37. The van der Waals surface area contributed by atoms with Crippen LogP contribution in [0.4, 0.5) is 5.69 Å². The lowest BCUT2D eigenvalue weighted by atomic mass is 10.1. The van der Waals surface area contributed by atoms with E-state index in [0.717, 1.165) is 36.2 Å². The summed E-state index contributed by atoms with van der Waals surface area (Å²) in [6, 6.07) is 5.94. The molecule has 2 N–H and O–H groups in total. The van der Waals surface area contributed by atoms with E-state index in [4.69, 9.17) is 10.5 Å². The van der Waals surface area contributed by atoms with Gasteiger partial charge in [0.15, 0.2) is 0 Å². The highest BCUT2D eigenvalue weighted by Gasteiger charge is 2.16. The molecule has 1 saturated heterocycles. The lowest BCUT2D eigenvalue weighted by Gasteiger charge is -2.22. The van der Waals surface area contributed by atoms with Crippen LogP contribution in [0.3, 0.4) is 0 Å². The summed E-state index contributed by atoms with van der Waals surface area (Å²) in [5.41, 5.74) is 7.80. The predicted octanol–water partition coefficient (Wildman–Crippen LogP) is 2.19. The number of hydrogen-bond acceptors (Lipinski definition) is 3. The number of ether oxygens (including phenoxy) is 1. The summed E-state index contributed by atoms with van der Waals surface area (Å²) >= 11 is 0. The number of anilines is 1. The summed E-state index contributed by atoms with van der Waals surface area (Å²) in [7, 11) is 0. The van der Waals surface area contributed by atoms with E-state index in [1.165, 1.54) is 12.8 Å². The molecule has 3 rings (SSSR count). The smallest absolute Gasteiger partial charge is 0.0771 e. The predicted molar refractivity (Wildman–Crippen MR) is 67.7 cm³/mol. The first-order chi connectivity index (χ1) is 8.34. The Morgan fingerprint density at radius 1 is 1.41 bits per heavy atom. The zero-order chi connectivity index (χ0) is 11.7. The van der Waals surface area contributed by atoms with Crippen LogP contribution < -0.4 is 5.73 Å². The number of nitrogen functional groups attached to an aromatic ring is 1. The molecule has 0 aliphatic carbocycles. The monoisotopic (exact) mass is 231 g/mol. The van der Waals surface area contributed by atoms with E-state index in [2.05, 4.69) is 11.2 Å². The molecule has 4 heteroatoms. The minimum Gasteiger partial charge on any atom is -0.398 e. The van der Waals surface area contributed by atoms with Crippen LogP contribution in [-0.4, -0.2) is 22.5 Å². The van der Waals surface area contributed by atoms with Gasteiger partial charge >= 0.3 is 0 Å². The molecule has 1 aromatic heterocycles. The van der Waals surface area contributed by atoms with E-state index in [9.17, 15) is 0 Å². The lowest BCUT2D eigenvalue weighted by Crippen LogP contribution is -2.24. The van der Waals surface area contributed by atoms with Crippen LogP contribution in [0.2, 0.25) is 0 Å². The van der Waals surface area contributed by atoms with Gasteiger partial charge < -0.3 is 10.5 Å². The van der Waals surface area contributed by atoms with Gasteiger partial charge in [0.1, 0.15) is 0 Å². The molecule has 2 aromatic rings. The molecule has 0 radical (unpaired) electrons. The van der Waals surface area contributed by atoms with Gasteiger partial charge in [0, 0.05) is 17.7 Å². The van der Waals surface area contributed by atoms with Crippen molar-refractivity contribution in [2.75, 3.05) is 12.3 Å². The molecule has 1 unspecified atom stereocenters. The number of aromatic nitrogens is 2. The highest BCUT2D eigenvalue weighted by Crippen LogP contribution is 2.22. The van der Waals surface area contributed by atoms with Crippen molar-refractivity contribution in [1.29, 1.82) is 0 Å². The van der Waals surface area contributed by atoms with Gasteiger partial charge in [-0.05, 0) is 31.4 Å². The molecule has 1 atom stereocenters. The first kappa shape index (κ1) is 10.6. The second-order valence-corrected chi connectivity index (χ2v) is 4.60. The maximum Gasteiger partial charge on any atom is 0.0771 e. The largest absolute Gasteiger partial charge is 0.398 e. The molecule has 4 nitrogen and oxygen atoms in total. The minimum atomic E-state index is 0.299. The zero-order valence-electron chi connectivity index (χ0n) is 9.80. The van der Waals surface area contributed by atoms with Crippen molar-refractivity contribution in [3.8, 4) is 0 Å². The maximum absolute atomic E-state index is 5.92. The Labute approximate surface area is 100 Å². The summed E-state index contributed by atoms with van der Waals surface area (Å²) < 4.78 is 7.74. The highest BCUT2D eigenvalue weighted by atomic mass is 16.5. The first-order valence-electron chi connectivity index (χ1n) is 6.16. The Balaban J connectivity index is 1.87. The van der Waals surface area contributed by atoms with Crippen molar-refractivity contribution >= 4 is 16.6 Å². The average molecular weight is 231 g/mol. The Morgan fingerprint density at radius 2 is 2.35 bits per heavy atom. The van der Waals surface area contributed by atoms with Crippen LogP contribution in [0.1, 0.15) is 19.3 Å². The van der Waals surface area contributed by atoms with E-state index in [0.29, 0.717) is 6.10 Å². The molecule has 17 heavy (non-hydrogen) atoms. The zero-order valence-corrected chi connectivity index (χ0v) is 9.80. The summed E-state index contributed by atoms with van der Waals surface area (Å²) in [4.78, 5) is 0. The minimum absolute atomic E-state index is 0.299. The van der Waals surface area contributed by atoms with E-state index in [-0.39, 0.29) is 0 Å². The van der Waals surface area contributed by atoms with Gasteiger partial charge in [-0.25, -0.2) is 0 Å². The standard InChI is InChI=1S/C13H17N3O/c14-12-5-3-6-13-11(12)8-15-16(13)9-10-4-1-2-7-17-10/h3,5-6,8,10H,1-2,4,7,9,14H2. The van der Waals surface area contributed by atoms with Gasteiger partial charge in [-0.1, -0.05) is 6.07 Å². The van der Waals surface area contributed by atoms with Gasteiger partial charge in [-0.2, -0.15) is 5.10 Å². The van der Waals surface area contributed by atoms with Gasteiger partial charge in [0.25, 0.3) is 0 Å². The summed E-state index contributed by atoms with van der Waals surface area (Å²) in [5, 5.41) is 5.44. The normalized spacial score (nSPS) is 20.8. The van der Waals surface area contributed by atoms with Crippen LogP contribution >= 0.6 is 0 Å². The van der Waals surface area contributed by atoms with Crippen molar-refractivity contribution in [3.63, 3.8) is 0 Å². The molecule has 2 heterocycles. The van der Waals surface area contributed by atoms with E-state index < -0.39 is 0 Å². The van der Waals surface area contributed by atoms with Crippen LogP contribution in [0, 0.1) is 0 Å². The quantitative estimate of drug-likeness (QED) is 0.806. The molecule has 0 spiro atoms. The van der Waals surface area contributed by atoms with Crippen molar-refractivity contribution in [3.05, 3.63) is 24.4 Å². The number of fused-ring (bicyclic) bond motifs is 1. The molecule has 1 fully saturated rings. The molecular weight excluding hydrogens is 214 g/mol. The number of hydrogen-bond donors (Lipinski definition) is 1. The Morgan fingerprint density at radius 3 is 3.18 bits per heavy atom. The Hall–Kier alpha value is -1.55. The van der Waals surface area contributed by atoms with E-state index in [1.54, 1.807) is 0 Å². The third-order valence-corrected chi connectivity index (χ3v) is 3.37. The van der Waals surface area contributed by atoms with Crippen LogP contribution in [0.5, 0.6) is 0 Å². The summed E-state index contributed by atoms with van der Waals surface area (Å²) in [6.07, 6.45) is 5.71. The fourth-order valence-electron chi connectivity index (χ4n) is 2.42. The van der Waals surface area contributed by atoms with Crippen molar-refractivity contribution in [2.45, 2.75) is 31.9 Å². The highest BCUT2D eigenvalue weighted by molar-refractivity contribution is 5.90. The average Bonchev–Trinajstić information content (AvgIpc) is 2.76. The van der Waals surface area contributed by atoms with Crippen LogP contribution in [0.15, 0.2) is 24.4 Å². The number of benzene rings is 1. The fourth-order valence-corrected chi connectivity index (χ4v) is 2.42. The SMILES string of the molecule is Nc1cccc2c1cnn2CC1CCCCO1. The number of nitrogens with two attached hydrogens (primary N) is 1. The molecule has 90 valence electrons. The van der Waals surface area contributed by atoms with Crippen molar-refractivity contribution in [1.82, 2.24) is 9.78 Å².